The summed E-state index contributed by atoms with van der Waals surface area (Å²) < 4.78 is 0. The molecule has 0 amide bonds. The van der Waals surface area contributed by atoms with Gasteiger partial charge in [0.25, 0.3) is 0 Å². The molecule has 1 nitrogen and oxygen atoms in total. The standard InChI is InChI=1S/C5H7Br2N/c6-3-2-1-8-5(3)4(2)7/h2-5,8H,1H2. The molecule has 2 atom stereocenters. The Kier molecular flexibility index (Phi) is 1.21. The highest BCUT2D eigenvalue weighted by atomic mass is 79.9. The van der Waals surface area contributed by atoms with Crippen LogP contribution in [0.15, 0.2) is 0 Å². The fourth-order valence-corrected chi connectivity index (χ4v) is 4.34. The molecule has 0 aromatic carbocycles. The lowest BCUT2D eigenvalue weighted by atomic mass is 9.86. The van der Waals surface area contributed by atoms with E-state index in [9.17, 15) is 0 Å². The van der Waals surface area contributed by atoms with E-state index in [4.69, 9.17) is 0 Å². The third-order valence-electron chi connectivity index (χ3n) is 2.09. The lowest BCUT2D eigenvalue weighted by Crippen LogP contribution is -2.48. The van der Waals surface area contributed by atoms with Gasteiger partial charge in [-0.15, -0.1) is 0 Å². The second-order valence-corrected chi connectivity index (χ2v) is 4.60. The van der Waals surface area contributed by atoms with Crippen LogP contribution in [0.4, 0.5) is 0 Å². The van der Waals surface area contributed by atoms with Crippen LogP contribution < -0.4 is 5.32 Å². The van der Waals surface area contributed by atoms with Crippen molar-refractivity contribution in [1.82, 2.24) is 5.32 Å². The Morgan fingerprint density at radius 1 is 1.25 bits per heavy atom. The molecule has 0 aromatic heterocycles. The first-order valence-corrected chi connectivity index (χ1v) is 4.65. The Morgan fingerprint density at radius 3 is 2.00 bits per heavy atom. The number of alkyl halides is 2. The largest absolute Gasteiger partial charge is 0.311 e. The van der Waals surface area contributed by atoms with Crippen LogP contribution >= 0.6 is 31.9 Å². The first-order valence-electron chi connectivity index (χ1n) is 2.82. The molecular weight excluding hydrogens is 234 g/mol. The molecule has 3 fully saturated rings. The van der Waals surface area contributed by atoms with Gasteiger partial charge in [-0.1, -0.05) is 31.9 Å². The third-order valence-corrected chi connectivity index (χ3v) is 4.59. The summed E-state index contributed by atoms with van der Waals surface area (Å²) in [5, 5.41) is 3.40. The van der Waals surface area contributed by atoms with Crippen molar-refractivity contribution in [3.8, 4) is 0 Å². The molecule has 3 heteroatoms. The zero-order chi connectivity index (χ0) is 5.72. The molecule has 2 saturated heterocycles. The van der Waals surface area contributed by atoms with Gasteiger partial charge in [0.2, 0.25) is 0 Å². The maximum absolute atomic E-state index is 3.60. The smallest absolute Gasteiger partial charge is 0.0361 e. The van der Waals surface area contributed by atoms with Gasteiger partial charge in [0.1, 0.15) is 0 Å². The number of hydrogen-bond acceptors (Lipinski definition) is 1. The number of halogens is 2. The van der Waals surface area contributed by atoms with E-state index in [0.29, 0.717) is 6.04 Å². The molecule has 2 bridgehead atoms. The van der Waals surface area contributed by atoms with Crippen molar-refractivity contribution in [3.05, 3.63) is 0 Å². The van der Waals surface area contributed by atoms with Crippen LogP contribution in [0.1, 0.15) is 0 Å². The normalized spacial score (nSPS) is 60.8. The number of fused-ring (bicyclic) bond motifs is 1. The Labute approximate surface area is 65.5 Å². The van der Waals surface area contributed by atoms with E-state index in [2.05, 4.69) is 37.2 Å². The van der Waals surface area contributed by atoms with Crippen molar-refractivity contribution in [2.24, 2.45) is 5.92 Å². The highest BCUT2D eigenvalue weighted by Gasteiger charge is 2.52. The van der Waals surface area contributed by atoms with E-state index in [1.54, 1.807) is 0 Å². The van der Waals surface area contributed by atoms with Gasteiger partial charge >= 0.3 is 0 Å². The van der Waals surface area contributed by atoms with E-state index in [1.807, 2.05) is 0 Å². The van der Waals surface area contributed by atoms with Crippen LogP contribution in [0.5, 0.6) is 0 Å². The molecule has 1 aliphatic carbocycles. The molecule has 3 aliphatic rings. The molecule has 2 aliphatic heterocycles. The topological polar surface area (TPSA) is 12.0 Å². The van der Waals surface area contributed by atoms with Crippen LogP contribution in [-0.2, 0) is 0 Å². The molecule has 1 saturated carbocycles. The van der Waals surface area contributed by atoms with Crippen molar-refractivity contribution in [1.29, 1.82) is 0 Å². The van der Waals surface area contributed by atoms with Gasteiger partial charge < -0.3 is 5.32 Å². The van der Waals surface area contributed by atoms with Gasteiger partial charge in [0, 0.05) is 22.2 Å². The Morgan fingerprint density at radius 2 is 1.88 bits per heavy atom. The average Bonchev–Trinajstić information content (AvgIpc) is 2.26. The summed E-state index contributed by atoms with van der Waals surface area (Å²) in [5.74, 6) is 0.847. The monoisotopic (exact) mass is 239 g/mol. The first kappa shape index (κ1) is 5.69. The molecule has 0 aromatic rings. The summed E-state index contributed by atoms with van der Waals surface area (Å²) in [5.41, 5.74) is 0. The van der Waals surface area contributed by atoms with E-state index in [-0.39, 0.29) is 0 Å². The SMILES string of the molecule is BrC1C2CNC1C2Br. The Bertz CT molecular complexity index is 95.0. The molecule has 2 heterocycles. The van der Waals surface area contributed by atoms with E-state index in [1.165, 1.54) is 6.54 Å². The lowest BCUT2D eigenvalue weighted by Gasteiger charge is -2.35. The summed E-state index contributed by atoms with van der Waals surface area (Å²) in [4.78, 5) is 1.48. The predicted octanol–water partition coefficient (Wildman–Crippen LogP) is 1.11. The van der Waals surface area contributed by atoms with Crippen LogP contribution in [0.25, 0.3) is 0 Å². The van der Waals surface area contributed by atoms with Crippen molar-refractivity contribution in [3.63, 3.8) is 0 Å². The lowest BCUT2D eigenvalue weighted by molar-refractivity contribution is 0.420. The van der Waals surface area contributed by atoms with E-state index < -0.39 is 0 Å². The summed E-state index contributed by atoms with van der Waals surface area (Å²) in [6.07, 6.45) is 0. The fourth-order valence-electron chi connectivity index (χ4n) is 1.46. The van der Waals surface area contributed by atoms with Gasteiger partial charge in [0.15, 0.2) is 0 Å². The zero-order valence-electron chi connectivity index (χ0n) is 4.27. The predicted molar refractivity (Wildman–Crippen MR) is 40.7 cm³/mol. The highest BCUT2D eigenvalue weighted by molar-refractivity contribution is 9.10. The average molecular weight is 241 g/mol. The Hall–Kier alpha value is 0.920. The van der Waals surface area contributed by atoms with Crippen LogP contribution in [0.2, 0.25) is 0 Å². The van der Waals surface area contributed by atoms with Gasteiger partial charge in [-0.25, -0.2) is 0 Å². The Balaban J connectivity index is 2.15. The van der Waals surface area contributed by atoms with Crippen molar-refractivity contribution < 1.29 is 0 Å². The van der Waals surface area contributed by atoms with Crippen molar-refractivity contribution in [2.75, 3.05) is 6.54 Å². The van der Waals surface area contributed by atoms with E-state index in [0.717, 1.165) is 15.6 Å². The number of nitrogens with one attached hydrogen (secondary N) is 1. The maximum Gasteiger partial charge on any atom is 0.0361 e. The van der Waals surface area contributed by atoms with E-state index >= 15 is 0 Å². The molecular formula is C5H7Br2N. The molecule has 0 spiro atoms. The quantitative estimate of drug-likeness (QED) is 0.626. The second kappa shape index (κ2) is 1.70. The maximum atomic E-state index is 3.60. The minimum absolute atomic E-state index is 0.708. The van der Waals surface area contributed by atoms with Crippen molar-refractivity contribution >= 4 is 31.9 Å². The van der Waals surface area contributed by atoms with Gasteiger partial charge in [-0.05, 0) is 5.92 Å². The number of hydrogen-bond donors (Lipinski definition) is 1. The second-order valence-electron chi connectivity index (χ2n) is 2.49. The molecule has 3 rings (SSSR count). The van der Waals surface area contributed by atoms with Crippen LogP contribution in [0, 0.1) is 5.92 Å². The fraction of sp³-hybridized carbons (Fsp3) is 1.00. The van der Waals surface area contributed by atoms with Gasteiger partial charge in [0.05, 0.1) is 0 Å². The molecule has 2 unspecified atom stereocenters. The molecule has 46 valence electrons. The number of rotatable bonds is 0. The van der Waals surface area contributed by atoms with Crippen molar-refractivity contribution in [2.45, 2.75) is 15.7 Å². The summed E-state index contributed by atoms with van der Waals surface area (Å²) >= 11 is 7.20. The highest BCUT2D eigenvalue weighted by Crippen LogP contribution is 2.44. The zero-order valence-corrected chi connectivity index (χ0v) is 7.44. The summed E-state index contributed by atoms with van der Waals surface area (Å²) in [7, 11) is 0. The molecule has 0 radical (unpaired) electrons. The summed E-state index contributed by atoms with van der Waals surface area (Å²) in [6.45, 7) is 1.19. The van der Waals surface area contributed by atoms with Gasteiger partial charge in [-0.2, -0.15) is 0 Å². The van der Waals surface area contributed by atoms with Gasteiger partial charge in [-0.3, -0.25) is 0 Å². The van der Waals surface area contributed by atoms with Crippen LogP contribution in [-0.4, -0.2) is 22.2 Å². The minimum Gasteiger partial charge on any atom is -0.311 e. The molecule has 8 heavy (non-hydrogen) atoms. The first-order chi connectivity index (χ1) is 3.80. The third kappa shape index (κ3) is 0.505. The minimum atomic E-state index is 0.708. The van der Waals surface area contributed by atoms with Crippen LogP contribution in [0.3, 0.4) is 0 Å². The molecule has 1 N–H and O–H groups in total. The summed E-state index contributed by atoms with van der Waals surface area (Å²) in [6, 6.07) is 0.708.